The van der Waals surface area contributed by atoms with Crippen molar-refractivity contribution in [1.29, 1.82) is 0 Å². The van der Waals surface area contributed by atoms with Crippen molar-refractivity contribution >= 4 is 0 Å². The maximum Gasteiger partial charge on any atom is 0.0506 e. The van der Waals surface area contributed by atoms with Crippen LogP contribution in [0.15, 0.2) is 30.3 Å². The average molecular weight is 247 g/mol. The van der Waals surface area contributed by atoms with Crippen molar-refractivity contribution in [1.82, 2.24) is 0 Å². The summed E-state index contributed by atoms with van der Waals surface area (Å²) in [6.07, 6.45) is 6.31. The number of hydrogen-bond acceptors (Lipinski definition) is 2. The van der Waals surface area contributed by atoms with Crippen LogP contribution in [-0.4, -0.2) is 19.8 Å². The van der Waals surface area contributed by atoms with Crippen molar-refractivity contribution in [2.75, 3.05) is 19.8 Å². The molecule has 100 valence electrons. The van der Waals surface area contributed by atoms with Crippen LogP contribution in [0.5, 0.6) is 0 Å². The first kappa shape index (κ1) is 13.6. The van der Waals surface area contributed by atoms with Gasteiger partial charge >= 0.3 is 0 Å². The van der Waals surface area contributed by atoms with Gasteiger partial charge in [-0.05, 0) is 43.2 Å². The fourth-order valence-electron chi connectivity index (χ4n) is 2.88. The lowest BCUT2D eigenvalue weighted by Gasteiger charge is -2.30. The molecule has 0 aliphatic heterocycles. The molecule has 1 aliphatic carbocycles. The van der Waals surface area contributed by atoms with Gasteiger partial charge in [-0.1, -0.05) is 43.2 Å². The third-order valence-electron chi connectivity index (χ3n) is 4.08. The van der Waals surface area contributed by atoms with Gasteiger partial charge in [0.15, 0.2) is 0 Å². The summed E-state index contributed by atoms with van der Waals surface area (Å²) < 4.78 is 5.85. The van der Waals surface area contributed by atoms with E-state index in [0.29, 0.717) is 11.8 Å². The molecule has 0 radical (unpaired) electrons. The highest BCUT2D eigenvalue weighted by molar-refractivity contribution is 5.14. The summed E-state index contributed by atoms with van der Waals surface area (Å²) in [5, 5.41) is 0. The largest absolute Gasteiger partial charge is 0.381 e. The normalized spacial score (nSPS) is 24.1. The lowest BCUT2D eigenvalue weighted by Crippen LogP contribution is -2.30. The van der Waals surface area contributed by atoms with Crippen molar-refractivity contribution in [2.45, 2.75) is 32.1 Å². The monoisotopic (exact) mass is 247 g/mol. The molecule has 2 unspecified atom stereocenters. The number of nitrogens with two attached hydrogens (primary N) is 1. The van der Waals surface area contributed by atoms with Crippen LogP contribution in [0, 0.1) is 11.8 Å². The summed E-state index contributed by atoms with van der Waals surface area (Å²) in [5.74, 6) is 1.38. The van der Waals surface area contributed by atoms with E-state index in [4.69, 9.17) is 10.5 Å². The van der Waals surface area contributed by atoms with Gasteiger partial charge in [-0.15, -0.1) is 0 Å². The average Bonchev–Trinajstić information content (AvgIpc) is 2.45. The Morgan fingerprint density at radius 1 is 1.06 bits per heavy atom. The molecule has 1 aromatic rings. The molecule has 2 atom stereocenters. The van der Waals surface area contributed by atoms with Crippen LogP contribution in [0.1, 0.15) is 31.2 Å². The van der Waals surface area contributed by atoms with E-state index in [9.17, 15) is 0 Å². The second-order valence-electron chi connectivity index (χ2n) is 5.35. The Labute approximate surface area is 111 Å². The van der Waals surface area contributed by atoms with Crippen LogP contribution in [0.3, 0.4) is 0 Å². The Morgan fingerprint density at radius 2 is 1.78 bits per heavy atom. The number of benzene rings is 1. The van der Waals surface area contributed by atoms with E-state index in [1.54, 1.807) is 0 Å². The van der Waals surface area contributed by atoms with Gasteiger partial charge < -0.3 is 10.5 Å². The second-order valence-corrected chi connectivity index (χ2v) is 5.35. The summed E-state index contributed by atoms with van der Waals surface area (Å²) in [6.45, 7) is 2.55. The molecule has 0 aromatic heterocycles. The molecular formula is C16H25NO. The van der Waals surface area contributed by atoms with E-state index in [0.717, 1.165) is 26.2 Å². The van der Waals surface area contributed by atoms with Crippen molar-refractivity contribution in [3.63, 3.8) is 0 Å². The first-order valence-corrected chi connectivity index (χ1v) is 7.22. The van der Waals surface area contributed by atoms with Gasteiger partial charge in [-0.2, -0.15) is 0 Å². The van der Waals surface area contributed by atoms with Gasteiger partial charge in [0.1, 0.15) is 0 Å². The Kier molecular flexibility index (Phi) is 5.69. The van der Waals surface area contributed by atoms with Crippen LogP contribution in [0.2, 0.25) is 0 Å². The minimum absolute atomic E-state index is 0.690. The Balaban J connectivity index is 1.65. The zero-order valence-corrected chi connectivity index (χ0v) is 11.2. The van der Waals surface area contributed by atoms with Gasteiger partial charge in [0.2, 0.25) is 0 Å². The predicted molar refractivity (Wildman–Crippen MR) is 75.5 cm³/mol. The van der Waals surface area contributed by atoms with Gasteiger partial charge in [-0.25, -0.2) is 0 Å². The van der Waals surface area contributed by atoms with Crippen LogP contribution < -0.4 is 5.73 Å². The summed E-state index contributed by atoms with van der Waals surface area (Å²) in [6, 6.07) is 10.5. The fraction of sp³-hybridized carbons (Fsp3) is 0.625. The Hall–Kier alpha value is -0.860. The van der Waals surface area contributed by atoms with Gasteiger partial charge in [0, 0.05) is 6.61 Å². The second kappa shape index (κ2) is 7.55. The van der Waals surface area contributed by atoms with Crippen LogP contribution in [0.4, 0.5) is 0 Å². The molecule has 2 rings (SSSR count). The van der Waals surface area contributed by atoms with E-state index in [1.807, 2.05) is 0 Å². The van der Waals surface area contributed by atoms with E-state index in [2.05, 4.69) is 30.3 Å². The van der Waals surface area contributed by atoms with Crippen molar-refractivity contribution in [3.05, 3.63) is 35.9 Å². The highest BCUT2D eigenvalue weighted by atomic mass is 16.5. The zero-order chi connectivity index (χ0) is 12.6. The fourth-order valence-corrected chi connectivity index (χ4v) is 2.88. The van der Waals surface area contributed by atoms with E-state index >= 15 is 0 Å². The summed E-state index contributed by atoms with van der Waals surface area (Å²) in [7, 11) is 0. The SMILES string of the molecule is NCC1CCCCC1COCCc1ccccc1. The van der Waals surface area contributed by atoms with Crippen LogP contribution in [0.25, 0.3) is 0 Å². The molecule has 0 amide bonds. The molecule has 0 heterocycles. The highest BCUT2D eigenvalue weighted by Crippen LogP contribution is 2.29. The minimum Gasteiger partial charge on any atom is -0.381 e. The van der Waals surface area contributed by atoms with Crippen molar-refractivity contribution in [2.24, 2.45) is 17.6 Å². The number of hydrogen-bond donors (Lipinski definition) is 1. The first-order valence-electron chi connectivity index (χ1n) is 7.22. The lowest BCUT2D eigenvalue weighted by molar-refractivity contribution is 0.0628. The maximum atomic E-state index is 5.85. The molecule has 2 nitrogen and oxygen atoms in total. The third kappa shape index (κ3) is 4.11. The van der Waals surface area contributed by atoms with E-state index in [1.165, 1.54) is 31.2 Å². The topological polar surface area (TPSA) is 35.2 Å². The third-order valence-corrected chi connectivity index (χ3v) is 4.08. The molecule has 0 bridgehead atoms. The molecule has 1 aromatic carbocycles. The van der Waals surface area contributed by atoms with Crippen molar-refractivity contribution in [3.8, 4) is 0 Å². The minimum atomic E-state index is 0.690. The molecule has 0 spiro atoms. The standard InChI is InChI=1S/C16H25NO/c17-12-15-8-4-5-9-16(15)13-18-11-10-14-6-2-1-3-7-14/h1-3,6-7,15-16H,4-5,8-13,17H2. The molecular weight excluding hydrogens is 222 g/mol. The maximum absolute atomic E-state index is 5.85. The van der Waals surface area contributed by atoms with Crippen LogP contribution in [-0.2, 0) is 11.2 Å². The Bertz CT molecular complexity index is 325. The molecule has 1 aliphatic rings. The van der Waals surface area contributed by atoms with E-state index in [-0.39, 0.29) is 0 Å². The molecule has 18 heavy (non-hydrogen) atoms. The van der Waals surface area contributed by atoms with Crippen molar-refractivity contribution < 1.29 is 4.74 Å². The predicted octanol–water partition coefficient (Wildman–Crippen LogP) is 3.01. The zero-order valence-electron chi connectivity index (χ0n) is 11.2. The highest BCUT2D eigenvalue weighted by Gasteiger charge is 2.23. The molecule has 1 fully saturated rings. The number of ether oxygens (including phenoxy) is 1. The molecule has 0 saturated heterocycles. The smallest absolute Gasteiger partial charge is 0.0506 e. The molecule has 2 heteroatoms. The summed E-state index contributed by atoms with van der Waals surface area (Å²) in [4.78, 5) is 0. The first-order chi connectivity index (χ1) is 8.90. The summed E-state index contributed by atoms with van der Waals surface area (Å²) in [5.41, 5.74) is 7.19. The van der Waals surface area contributed by atoms with Crippen LogP contribution >= 0.6 is 0 Å². The Morgan fingerprint density at radius 3 is 2.50 bits per heavy atom. The lowest BCUT2D eigenvalue weighted by atomic mass is 9.80. The molecule has 2 N–H and O–H groups in total. The van der Waals surface area contributed by atoms with Gasteiger partial charge in [0.05, 0.1) is 6.61 Å². The molecule has 1 saturated carbocycles. The number of rotatable bonds is 6. The summed E-state index contributed by atoms with van der Waals surface area (Å²) >= 11 is 0. The van der Waals surface area contributed by atoms with E-state index < -0.39 is 0 Å². The van der Waals surface area contributed by atoms with Gasteiger partial charge in [0.25, 0.3) is 0 Å². The van der Waals surface area contributed by atoms with Gasteiger partial charge in [-0.3, -0.25) is 0 Å². The quantitative estimate of drug-likeness (QED) is 0.784.